The van der Waals surface area contributed by atoms with Gasteiger partial charge < -0.3 is 4.74 Å². The van der Waals surface area contributed by atoms with Gasteiger partial charge in [-0.15, -0.1) is 0 Å². The van der Waals surface area contributed by atoms with Gasteiger partial charge >= 0.3 is 0 Å². The van der Waals surface area contributed by atoms with E-state index in [2.05, 4.69) is 0 Å². The molecule has 1 fully saturated rings. The third-order valence-corrected chi connectivity index (χ3v) is 3.12. The van der Waals surface area contributed by atoms with Crippen molar-refractivity contribution < 1.29 is 18.3 Å². The van der Waals surface area contributed by atoms with Gasteiger partial charge in [-0.3, -0.25) is 4.79 Å². The fraction of sp³-hybridized carbons (Fsp3) is 0.462. The topological polar surface area (TPSA) is 26.3 Å². The highest BCUT2D eigenvalue weighted by molar-refractivity contribution is 6.02. The predicted molar refractivity (Wildman–Crippen MR) is 58.9 cm³/mol. The molecule has 0 N–H and O–H groups in total. The molecule has 0 saturated carbocycles. The van der Waals surface area contributed by atoms with E-state index in [0.717, 1.165) is 25.0 Å². The first-order valence-electron chi connectivity index (χ1n) is 5.67. The van der Waals surface area contributed by atoms with E-state index < -0.39 is 23.0 Å². The molecule has 4 heteroatoms. The normalized spacial score (nSPS) is 24.6. The molecule has 1 aliphatic heterocycles. The van der Waals surface area contributed by atoms with Crippen LogP contribution in [-0.4, -0.2) is 18.0 Å². The lowest BCUT2D eigenvalue weighted by atomic mass is 9.87. The van der Waals surface area contributed by atoms with Crippen LogP contribution >= 0.6 is 0 Å². The van der Waals surface area contributed by atoms with E-state index in [0.29, 0.717) is 13.0 Å². The zero-order valence-electron chi connectivity index (χ0n) is 9.63. The summed E-state index contributed by atoms with van der Waals surface area (Å²) in [4.78, 5) is 12.2. The third kappa shape index (κ3) is 2.36. The van der Waals surface area contributed by atoms with E-state index >= 15 is 0 Å². The summed E-state index contributed by atoms with van der Waals surface area (Å²) in [5.74, 6) is -1.92. The van der Waals surface area contributed by atoms with Gasteiger partial charge in [-0.1, -0.05) is 0 Å². The van der Waals surface area contributed by atoms with E-state index in [9.17, 15) is 13.6 Å². The molecular formula is C13H14F2O2. The Hall–Kier alpha value is -1.29. The number of carbonyl (C=O) groups is 1. The van der Waals surface area contributed by atoms with Crippen molar-refractivity contribution in [2.45, 2.75) is 31.8 Å². The average molecular weight is 240 g/mol. The first kappa shape index (κ1) is 12.2. The summed E-state index contributed by atoms with van der Waals surface area (Å²) in [5, 5.41) is 0. The fourth-order valence-electron chi connectivity index (χ4n) is 2.07. The zero-order chi connectivity index (χ0) is 12.5. The van der Waals surface area contributed by atoms with Gasteiger partial charge in [0.1, 0.15) is 17.2 Å². The number of Topliss-reactive ketones (excluding diaryl/α,β-unsaturated/α-hetero) is 1. The number of hydrogen-bond acceptors (Lipinski definition) is 2. The number of halogens is 2. The van der Waals surface area contributed by atoms with Crippen molar-refractivity contribution in [3.05, 3.63) is 35.4 Å². The number of ether oxygens (including phenoxy) is 1. The lowest BCUT2D eigenvalue weighted by Gasteiger charge is -2.32. The molecule has 0 aromatic heterocycles. The van der Waals surface area contributed by atoms with Crippen molar-refractivity contribution in [2.24, 2.45) is 0 Å². The van der Waals surface area contributed by atoms with Crippen LogP contribution in [0.3, 0.4) is 0 Å². The maximum Gasteiger partial charge on any atom is 0.197 e. The molecule has 1 heterocycles. The first-order chi connectivity index (χ1) is 8.03. The van der Waals surface area contributed by atoms with Crippen LogP contribution in [0.1, 0.15) is 36.5 Å². The molecule has 2 rings (SSSR count). The van der Waals surface area contributed by atoms with Crippen LogP contribution in [-0.2, 0) is 4.74 Å². The van der Waals surface area contributed by atoms with Crippen molar-refractivity contribution in [2.75, 3.05) is 6.61 Å². The Bertz CT molecular complexity index is 437. The Labute approximate surface area is 98.6 Å². The van der Waals surface area contributed by atoms with E-state index in [4.69, 9.17) is 4.74 Å². The van der Waals surface area contributed by atoms with E-state index in [1.807, 2.05) is 0 Å². The Morgan fingerprint density at radius 2 is 2.12 bits per heavy atom. The summed E-state index contributed by atoms with van der Waals surface area (Å²) in [6.45, 7) is 2.17. The molecule has 1 unspecified atom stereocenters. The Balaban J connectivity index is 2.30. The number of benzene rings is 1. The minimum absolute atomic E-state index is 0.101. The first-order valence-corrected chi connectivity index (χ1v) is 5.67. The van der Waals surface area contributed by atoms with Crippen molar-refractivity contribution in [3.8, 4) is 0 Å². The maximum absolute atomic E-state index is 13.5. The minimum atomic E-state index is -0.975. The highest BCUT2D eigenvalue weighted by Gasteiger charge is 2.37. The highest BCUT2D eigenvalue weighted by atomic mass is 19.1. The van der Waals surface area contributed by atoms with Gasteiger partial charge in [0.15, 0.2) is 5.78 Å². The smallest absolute Gasteiger partial charge is 0.197 e. The van der Waals surface area contributed by atoms with Crippen LogP contribution in [0.5, 0.6) is 0 Å². The molecule has 1 aromatic carbocycles. The van der Waals surface area contributed by atoms with Crippen molar-refractivity contribution in [1.82, 2.24) is 0 Å². The number of hydrogen-bond donors (Lipinski definition) is 0. The maximum atomic E-state index is 13.5. The molecule has 17 heavy (non-hydrogen) atoms. The standard InChI is InChI=1S/C13H14F2O2/c1-13(6-2-3-7-17-13)12(16)10-5-4-9(14)8-11(10)15/h4-5,8H,2-3,6-7H2,1H3. The second kappa shape index (κ2) is 4.53. The van der Waals surface area contributed by atoms with Gasteiger partial charge in [0.05, 0.1) is 5.56 Å². The highest BCUT2D eigenvalue weighted by Crippen LogP contribution is 2.29. The Morgan fingerprint density at radius 3 is 2.71 bits per heavy atom. The van der Waals surface area contributed by atoms with E-state index in [1.165, 1.54) is 6.07 Å². The molecule has 92 valence electrons. The van der Waals surface area contributed by atoms with Crippen molar-refractivity contribution in [1.29, 1.82) is 0 Å². The van der Waals surface area contributed by atoms with Crippen molar-refractivity contribution >= 4 is 5.78 Å². The fourth-order valence-corrected chi connectivity index (χ4v) is 2.07. The number of ketones is 1. The summed E-state index contributed by atoms with van der Waals surface area (Å²) in [6.07, 6.45) is 2.36. The quantitative estimate of drug-likeness (QED) is 0.742. The predicted octanol–water partition coefficient (Wildman–Crippen LogP) is 3.11. The molecule has 1 aromatic rings. The molecule has 2 nitrogen and oxygen atoms in total. The van der Waals surface area contributed by atoms with Gasteiger partial charge in [0.25, 0.3) is 0 Å². The Morgan fingerprint density at radius 1 is 1.35 bits per heavy atom. The molecule has 1 atom stereocenters. The molecule has 0 spiro atoms. The average Bonchev–Trinajstić information content (AvgIpc) is 2.29. The molecule has 0 aliphatic carbocycles. The minimum Gasteiger partial charge on any atom is -0.367 e. The monoisotopic (exact) mass is 240 g/mol. The van der Waals surface area contributed by atoms with Crippen LogP contribution in [0.2, 0.25) is 0 Å². The lowest BCUT2D eigenvalue weighted by molar-refractivity contribution is -0.0428. The van der Waals surface area contributed by atoms with E-state index in [1.54, 1.807) is 6.92 Å². The van der Waals surface area contributed by atoms with Gasteiger partial charge in [0.2, 0.25) is 0 Å². The van der Waals surface area contributed by atoms with Crippen LogP contribution in [0.15, 0.2) is 18.2 Å². The summed E-state index contributed by atoms with van der Waals surface area (Å²) in [7, 11) is 0. The van der Waals surface area contributed by atoms with Gasteiger partial charge in [-0.2, -0.15) is 0 Å². The van der Waals surface area contributed by atoms with Gasteiger partial charge in [-0.05, 0) is 38.3 Å². The van der Waals surface area contributed by atoms with E-state index in [-0.39, 0.29) is 5.56 Å². The summed E-state index contributed by atoms with van der Waals surface area (Å²) >= 11 is 0. The SMILES string of the molecule is CC1(C(=O)c2ccc(F)cc2F)CCCCO1. The molecule has 0 radical (unpaired) electrons. The van der Waals surface area contributed by atoms with Crippen LogP contribution < -0.4 is 0 Å². The van der Waals surface area contributed by atoms with Gasteiger partial charge in [-0.25, -0.2) is 8.78 Å². The number of carbonyl (C=O) groups excluding carboxylic acids is 1. The largest absolute Gasteiger partial charge is 0.367 e. The summed E-state index contributed by atoms with van der Waals surface area (Å²) in [6, 6.07) is 2.98. The second-order valence-electron chi connectivity index (χ2n) is 4.49. The summed E-state index contributed by atoms with van der Waals surface area (Å²) < 4.78 is 31.7. The lowest BCUT2D eigenvalue weighted by Crippen LogP contribution is -2.41. The molecule has 1 aliphatic rings. The second-order valence-corrected chi connectivity index (χ2v) is 4.49. The van der Waals surface area contributed by atoms with Crippen LogP contribution in [0, 0.1) is 11.6 Å². The zero-order valence-corrected chi connectivity index (χ0v) is 9.63. The van der Waals surface area contributed by atoms with Crippen molar-refractivity contribution in [3.63, 3.8) is 0 Å². The van der Waals surface area contributed by atoms with Crippen LogP contribution in [0.4, 0.5) is 8.78 Å². The molecule has 1 saturated heterocycles. The molecule has 0 bridgehead atoms. The summed E-state index contributed by atoms with van der Waals surface area (Å²) in [5.41, 5.74) is -1.08. The third-order valence-electron chi connectivity index (χ3n) is 3.12. The molecule has 0 amide bonds. The van der Waals surface area contributed by atoms with Crippen LogP contribution in [0.25, 0.3) is 0 Å². The number of rotatable bonds is 2. The molecular weight excluding hydrogens is 226 g/mol. The Kier molecular flexibility index (Phi) is 3.24. The van der Waals surface area contributed by atoms with Gasteiger partial charge in [0, 0.05) is 12.7 Å².